The largest absolute Gasteiger partial charge is 0.339 e. The number of benzene rings is 1. The van der Waals surface area contributed by atoms with Crippen molar-refractivity contribution in [3.05, 3.63) is 78.1 Å². The Morgan fingerprint density at radius 2 is 1.75 bits per heavy atom. The van der Waals surface area contributed by atoms with E-state index in [2.05, 4.69) is 72.1 Å². The zero-order valence-corrected chi connectivity index (χ0v) is 11.8. The van der Waals surface area contributed by atoms with E-state index in [1.165, 1.54) is 16.8 Å². The number of hydrogen-bond donors (Lipinski definition) is 0. The van der Waals surface area contributed by atoms with Gasteiger partial charge in [0.1, 0.15) is 0 Å². The maximum Gasteiger partial charge on any atom is 0.0866 e. The van der Waals surface area contributed by atoms with Gasteiger partial charge in [-0.1, -0.05) is 36.4 Å². The predicted molar refractivity (Wildman–Crippen MR) is 82.7 cm³/mol. The standard InChI is InChI=1S/C18H18N2/c1-14-12-18(17-10-6-7-11-19-17)20(13-14)15(2)16-8-4-3-5-9-16/h3-13,15H,1-2H3. The molecule has 0 N–H and O–H groups in total. The van der Waals surface area contributed by atoms with E-state index in [0.717, 1.165) is 5.69 Å². The molecule has 0 fully saturated rings. The van der Waals surface area contributed by atoms with Gasteiger partial charge in [-0.15, -0.1) is 0 Å². The molecule has 2 heterocycles. The first kappa shape index (κ1) is 12.7. The molecule has 0 saturated carbocycles. The number of rotatable bonds is 3. The van der Waals surface area contributed by atoms with Crippen LogP contribution in [0.2, 0.25) is 0 Å². The molecule has 0 saturated heterocycles. The van der Waals surface area contributed by atoms with Crippen molar-refractivity contribution in [2.24, 2.45) is 0 Å². The topological polar surface area (TPSA) is 17.8 Å². The van der Waals surface area contributed by atoms with Crippen LogP contribution in [0, 0.1) is 6.92 Å². The zero-order valence-electron chi connectivity index (χ0n) is 11.8. The average molecular weight is 262 g/mol. The second kappa shape index (κ2) is 5.33. The molecule has 0 aliphatic carbocycles. The van der Waals surface area contributed by atoms with Crippen LogP contribution in [0.5, 0.6) is 0 Å². The van der Waals surface area contributed by atoms with Crippen molar-refractivity contribution in [2.45, 2.75) is 19.9 Å². The van der Waals surface area contributed by atoms with E-state index in [4.69, 9.17) is 0 Å². The lowest BCUT2D eigenvalue weighted by Crippen LogP contribution is -2.07. The summed E-state index contributed by atoms with van der Waals surface area (Å²) in [7, 11) is 0. The first-order chi connectivity index (χ1) is 9.75. The summed E-state index contributed by atoms with van der Waals surface area (Å²) in [4.78, 5) is 4.48. The smallest absolute Gasteiger partial charge is 0.0866 e. The second-order valence-corrected chi connectivity index (χ2v) is 5.11. The van der Waals surface area contributed by atoms with Crippen molar-refractivity contribution < 1.29 is 0 Å². The van der Waals surface area contributed by atoms with Gasteiger partial charge in [-0.05, 0) is 43.2 Å². The number of pyridine rings is 1. The summed E-state index contributed by atoms with van der Waals surface area (Å²) < 4.78 is 2.30. The molecule has 2 heteroatoms. The van der Waals surface area contributed by atoms with E-state index in [1.807, 2.05) is 18.3 Å². The monoisotopic (exact) mass is 262 g/mol. The Hall–Kier alpha value is -2.35. The van der Waals surface area contributed by atoms with Crippen LogP contribution in [0.3, 0.4) is 0 Å². The van der Waals surface area contributed by atoms with Crippen LogP contribution in [0.25, 0.3) is 11.4 Å². The SMILES string of the molecule is Cc1cc(-c2ccccn2)n(C(C)c2ccccc2)c1. The van der Waals surface area contributed by atoms with Gasteiger partial charge in [0.2, 0.25) is 0 Å². The van der Waals surface area contributed by atoms with Crippen LogP contribution < -0.4 is 0 Å². The Morgan fingerprint density at radius 1 is 1.00 bits per heavy atom. The normalized spacial score (nSPS) is 12.3. The summed E-state index contributed by atoms with van der Waals surface area (Å²) >= 11 is 0. The molecule has 0 aliphatic heterocycles. The number of aryl methyl sites for hydroxylation is 1. The van der Waals surface area contributed by atoms with Gasteiger partial charge in [-0.3, -0.25) is 4.98 Å². The fraction of sp³-hybridized carbons (Fsp3) is 0.167. The molecule has 0 aliphatic rings. The Labute approximate surface area is 119 Å². The number of hydrogen-bond acceptors (Lipinski definition) is 1. The highest BCUT2D eigenvalue weighted by atomic mass is 15.0. The molecule has 0 bridgehead atoms. The molecule has 20 heavy (non-hydrogen) atoms. The van der Waals surface area contributed by atoms with Crippen LogP contribution in [-0.4, -0.2) is 9.55 Å². The Bertz CT molecular complexity index is 684. The van der Waals surface area contributed by atoms with Crippen LogP contribution >= 0.6 is 0 Å². The van der Waals surface area contributed by atoms with E-state index >= 15 is 0 Å². The second-order valence-electron chi connectivity index (χ2n) is 5.11. The summed E-state index contributed by atoms with van der Waals surface area (Å²) in [5, 5.41) is 0. The molecular formula is C18H18N2. The van der Waals surface area contributed by atoms with Crippen molar-refractivity contribution in [2.75, 3.05) is 0 Å². The lowest BCUT2D eigenvalue weighted by Gasteiger charge is -2.17. The zero-order chi connectivity index (χ0) is 13.9. The van der Waals surface area contributed by atoms with E-state index in [-0.39, 0.29) is 0 Å². The minimum Gasteiger partial charge on any atom is -0.339 e. The maximum atomic E-state index is 4.48. The van der Waals surface area contributed by atoms with Gasteiger partial charge >= 0.3 is 0 Å². The molecule has 1 aromatic carbocycles. The summed E-state index contributed by atoms with van der Waals surface area (Å²) in [6.45, 7) is 4.35. The first-order valence-corrected chi connectivity index (χ1v) is 6.90. The maximum absolute atomic E-state index is 4.48. The van der Waals surface area contributed by atoms with Gasteiger partial charge in [0.05, 0.1) is 17.4 Å². The van der Waals surface area contributed by atoms with Gasteiger partial charge in [0.15, 0.2) is 0 Å². The van der Waals surface area contributed by atoms with Crippen molar-refractivity contribution in [1.29, 1.82) is 0 Å². The van der Waals surface area contributed by atoms with Gasteiger partial charge in [0, 0.05) is 12.4 Å². The molecule has 0 amide bonds. The van der Waals surface area contributed by atoms with Gasteiger partial charge < -0.3 is 4.57 Å². The van der Waals surface area contributed by atoms with Gasteiger partial charge in [0.25, 0.3) is 0 Å². The highest BCUT2D eigenvalue weighted by Crippen LogP contribution is 2.27. The summed E-state index contributed by atoms with van der Waals surface area (Å²) in [5.74, 6) is 0. The molecule has 1 atom stereocenters. The van der Waals surface area contributed by atoms with Crippen LogP contribution in [-0.2, 0) is 0 Å². The quantitative estimate of drug-likeness (QED) is 0.681. The van der Waals surface area contributed by atoms with Crippen molar-refractivity contribution in [3.8, 4) is 11.4 Å². The lowest BCUT2D eigenvalue weighted by atomic mass is 10.1. The third-order valence-corrected chi connectivity index (χ3v) is 3.61. The molecule has 100 valence electrons. The average Bonchev–Trinajstić information content (AvgIpc) is 2.90. The molecule has 3 aromatic rings. The number of nitrogens with zero attached hydrogens (tertiary/aromatic N) is 2. The van der Waals surface area contributed by atoms with E-state index in [0.29, 0.717) is 6.04 Å². The fourth-order valence-electron chi connectivity index (χ4n) is 2.55. The molecule has 2 nitrogen and oxygen atoms in total. The van der Waals surface area contributed by atoms with Crippen LogP contribution in [0.4, 0.5) is 0 Å². The minimum atomic E-state index is 0.293. The predicted octanol–water partition coefficient (Wildman–Crippen LogP) is 4.47. The van der Waals surface area contributed by atoms with Gasteiger partial charge in [-0.2, -0.15) is 0 Å². The molecular weight excluding hydrogens is 244 g/mol. The first-order valence-electron chi connectivity index (χ1n) is 6.90. The molecule has 0 radical (unpaired) electrons. The Morgan fingerprint density at radius 3 is 2.45 bits per heavy atom. The Kier molecular flexibility index (Phi) is 3.38. The molecule has 2 aromatic heterocycles. The molecule has 3 rings (SSSR count). The van der Waals surface area contributed by atoms with E-state index in [9.17, 15) is 0 Å². The fourth-order valence-corrected chi connectivity index (χ4v) is 2.55. The van der Waals surface area contributed by atoms with Crippen LogP contribution in [0.15, 0.2) is 67.0 Å². The van der Waals surface area contributed by atoms with E-state index in [1.54, 1.807) is 0 Å². The van der Waals surface area contributed by atoms with Crippen molar-refractivity contribution in [1.82, 2.24) is 9.55 Å². The summed E-state index contributed by atoms with van der Waals surface area (Å²) in [5.41, 5.74) is 4.75. The van der Waals surface area contributed by atoms with Crippen molar-refractivity contribution in [3.63, 3.8) is 0 Å². The Balaban J connectivity index is 2.07. The third-order valence-electron chi connectivity index (χ3n) is 3.61. The molecule has 1 unspecified atom stereocenters. The minimum absolute atomic E-state index is 0.293. The van der Waals surface area contributed by atoms with E-state index < -0.39 is 0 Å². The molecule has 0 spiro atoms. The van der Waals surface area contributed by atoms with Crippen LogP contribution in [0.1, 0.15) is 24.1 Å². The van der Waals surface area contributed by atoms with Crippen molar-refractivity contribution >= 4 is 0 Å². The summed E-state index contributed by atoms with van der Waals surface area (Å²) in [6.07, 6.45) is 4.04. The lowest BCUT2D eigenvalue weighted by molar-refractivity contribution is 0.647. The number of aromatic nitrogens is 2. The highest BCUT2D eigenvalue weighted by Gasteiger charge is 2.13. The summed E-state index contributed by atoms with van der Waals surface area (Å²) in [6, 6.07) is 19.1. The third kappa shape index (κ3) is 2.37. The van der Waals surface area contributed by atoms with Gasteiger partial charge in [-0.25, -0.2) is 0 Å². The highest BCUT2D eigenvalue weighted by molar-refractivity contribution is 5.57.